The summed E-state index contributed by atoms with van der Waals surface area (Å²) in [4.78, 5) is 5.13. The van der Waals surface area contributed by atoms with Crippen LogP contribution < -0.4 is 5.73 Å². The summed E-state index contributed by atoms with van der Waals surface area (Å²) in [6.07, 6.45) is 10.5. The number of rotatable bonds is 6. The van der Waals surface area contributed by atoms with Crippen molar-refractivity contribution in [2.24, 2.45) is 10.7 Å². The van der Waals surface area contributed by atoms with E-state index in [2.05, 4.69) is 63.9 Å². The van der Waals surface area contributed by atoms with Crippen LogP contribution in [0.2, 0.25) is 0 Å². The van der Waals surface area contributed by atoms with Gasteiger partial charge in [0.2, 0.25) is 0 Å². The van der Waals surface area contributed by atoms with Crippen LogP contribution in [-0.2, 0) is 23.3 Å². The van der Waals surface area contributed by atoms with Crippen LogP contribution in [0.3, 0.4) is 0 Å². The van der Waals surface area contributed by atoms with Crippen molar-refractivity contribution in [2.45, 2.75) is 156 Å². The van der Waals surface area contributed by atoms with Crippen molar-refractivity contribution in [2.75, 3.05) is 0 Å². The Bertz CT molecular complexity index is 1090. The SMILES string of the molecule is CC(C)Br.CC(C)N=C(C=CN)B1OC(C)(C)C(C)(C)O1.CC(C)OB1OC(C)(C)C(C)(C)O1.CC(C)n1cccn1.c1cn[nH]c1. The molecule has 2 aromatic rings. The highest BCUT2D eigenvalue weighted by molar-refractivity contribution is 9.09. The van der Waals surface area contributed by atoms with Crippen molar-refractivity contribution in [1.82, 2.24) is 20.0 Å². The van der Waals surface area contributed by atoms with Crippen LogP contribution in [0, 0.1) is 0 Å². The normalized spacial score (nSPS) is 19.1. The van der Waals surface area contributed by atoms with E-state index in [9.17, 15) is 0 Å². The highest BCUT2D eigenvalue weighted by Gasteiger charge is 2.53. The van der Waals surface area contributed by atoms with Crippen molar-refractivity contribution >= 4 is 36.0 Å². The maximum atomic E-state index is 5.92. The second-order valence-electron chi connectivity index (χ2n) is 14.2. The number of alkyl halides is 1. The Balaban J connectivity index is 0.000000618. The Kier molecular flexibility index (Phi) is 19.7. The van der Waals surface area contributed by atoms with Crippen LogP contribution in [0.5, 0.6) is 0 Å². The van der Waals surface area contributed by atoms with E-state index in [4.69, 9.17) is 29.0 Å². The van der Waals surface area contributed by atoms with Crippen LogP contribution in [0.25, 0.3) is 0 Å². The molecular weight excluding hydrogens is 662 g/mol. The molecule has 4 heterocycles. The lowest BCUT2D eigenvalue weighted by Gasteiger charge is -2.32. The summed E-state index contributed by atoms with van der Waals surface area (Å²) < 4.78 is 30.5. The molecule has 11 nitrogen and oxygen atoms in total. The number of aromatic amines is 1. The number of halogens is 1. The molecule has 0 aliphatic carbocycles. The molecule has 4 rings (SSSR count). The van der Waals surface area contributed by atoms with Crippen molar-refractivity contribution in [1.29, 1.82) is 0 Å². The van der Waals surface area contributed by atoms with Gasteiger partial charge in [-0.05, 0) is 121 Å². The molecule has 0 saturated carbocycles. The maximum Gasteiger partial charge on any atom is 0.640 e. The summed E-state index contributed by atoms with van der Waals surface area (Å²) in [5.74, 6) is 0. The number of nitrogens with two attached hydrogens (primary N) is 1. The van der Waals surface area contributed by atoms with Gasteiger partial charge in [-0.15, -0.1) is 0 Å². The largest absolute Gasteiger partial charge is 0.640 e. The third-order valence-corrected chi connectivity index (χ3v) is 7.24. The molecule has 3 N–H and O–H groups in total. The molecule has 2 aliphatic heterocycles. The van der Waals surface area contributed by atoms with E-state index in [1.807, 2.05) is 106 Å². The first-order chi connectivity index (χ1) is 21.5. The van der Waals surface area contributed by atoms with Crippen molar-refractivity contribution in [3.63, 3.8) is 0 Å². The van der Waals surface area contributed by atoms with E-state index < -0.39 is 14.4 Å². The van der Waals surface area contributed by atoms with Gasteiger partial charge in [-0.3, -0.25) is 14.8 Å². The summed E-state index contributed by atoms with van der Waals surface area (Å²) in [5.41, 5.74) is 4.88. The third-order valence-electron chi connectivity index (χ3n) is 7.24. The number of nitrogens with zero attached hydrogens (tertiary/aromatic N) is 4. The van der Waals surface area contributed by atoms with Gasteiger partial charge in [-0.1, -0.05) is 29.8 Å². The molecule has 0 radical (unpaired) electrons. The standard InChI is InChI=1S/C12H23BN2O2.C9H19BO3.C6H10N2.C3H7Br.C3H4N2/c1-9(2)15-10(7-8-14)13-16-11(3,4)12(5,6)17-13;1-7(2)11-10-12-8(3,4)9(5,6)13-10;1-6(2)8-5-3-4-7-8;1-3(2)4;1-2-4-5-3-1/h7-9H,14H2,1-6H3;7H,1-6H3;3-6H,1-2H3;3H,1-2H3;1-3H,(H,4,5). The molecule has 268 valence electrons. The minimum atomic E-state index is -0.523. The zero-order valence-corrected chi connectivity index (χ0v) is 33.5. The van der Waals surface area contributed by atoms with E-state index >= 15 is 0 Å². The summed E-state index contributed by atoms with van der Waals surface area (Å²) >= 11 is 3.27. The number of aromatic nitrogens is 4. The molecule has 2 fully saturated rings. The van der Waals surface area contributed by atoms with Crippen LogP contribution in [-0.4, -0.2) is 79.4 Å². The minimum Gasteiger partial charge on any atom is -0.405 e. The zero-order valence-electron chi connectivity index (χ0n) is 31.9. The fraction of sp³-hybridized carbons (Fsp3) is 0.727. The van der Waals surface area contributed by atoms with Gasteiger partial charge in [0.15, 0.2) is 0 Å². The third kappa shape index (κ3) is 17.3. The molecule has 2 aromatic heterocycles. The Hall–Kier alpha value is -1.96. The van der Waals surface area contributed by atoms with E-state index in [1.165, 1.54) is 6.20 Å². The molecule has 0 unspecified atom stereocenters. The lowest BCUT2D eigenvalue weighted by Crippen LogP contribution is -2.41. The smallest absolute Gasteiger partial charge is 0.405 e. The lowest BCUT2D eigenvalue weighted by molar-refractivity contribution is 0.00578. The van der Waals surface area contributed by atoms with Gasteiger partial charge in [0, 0.05) is 47.8 Å². The van der Waals surface area contributed by atoms with Gasteiger partial charge in [-0.25, -0.2) is 0 Å². The fourth-order valence-electron chi connectivity index (χ4n) is 3.41. The number of H-pyrrole nitrogens is 1. The van der Waals surface area contributed by atoms with E-state index in [0.717, 1.165) is 5.61 Å². The first-order valence-corrected chi connectivity index (χ1v) is 17.3. The number of aliphatic imine (C=N–C) groups is 1. The molecule has 14 heteroatoms. The van der Waals surface area contributed by atoms with Crippen molar-refractivity contribution in [3.05, 3.63) is 49.2 Å². The number of hydrogen-bond acceptors (Lipinski definition) is 9. The van der Waals surface area contributed by atoms with Crippen LogP contribution in [0.1, 0.15) is 117 Å². The highest BCUT2D eigenvalue weighted by atomic mass is 79.9. The van der Waals surface area contributed by atoms with Gasteiger partial charge in [-0.2, -0.15) is 10.2 Å². The van der Waals surface area contributed by atoms with Crippen LogP contribution in [0.4, 0.5) is 0 Å². The Morgan fingerprint density at radius 3 is 1.62 bits per heavy atom. The molecule has 0 bridgehead atoms. The lowest BCUT2D eigenvalue weighted by atomic mass is 9.81. The quantitative estimate of drug-likeness (QED) is 0.177. The summed E-state index contributed by atoms with van der Waals surface area (Å²) in [6.45, 7) is 32.4. The first kappa shape index (κ1) is 45.0. The molecule has 0 aromatic carbocycles. The molecular formula is C33H63B2BrN6O5. The van der Waals surface area contributed by atoms with Crippen LogP contribution in [0.15, 0.2) is 54.2 Å². The first-order valence-electron chi connectivity index (χ1n) is 16.4. The number of hydrogen-bond donors (Lipinski definition) is 2. The molecule has 2 aliphatic rings. The Morgan fingerprint density at radius 2 is 1.34 bits per heavy atom. The molecule has 0 atom stereocenters. The predicted molar refractivity (Wildman–Crippen MR) is 200 cm³/mol. The molecule has 0 amide bonds. The van der Waals surface area contributed by atoms with Gasteiger partial charge in [0.25, 0.3) is 0 Å². The monoisotopic (exact) mass is 724 g/mol. The Labute approximate surface area is 294 Å². The number of nitrogens with one attached hydrogen (secondary N) is 1. The summed E-state index contributed by atoms with van der Waals surface area (Å²) in [7, 11) is -0.966. The van der Waals surface area contributed by atoms with E-state index in [-0.39, 0.29) is 34.6 Å². The fourth-order valence-corrected chi connectivity index (χ4v) is 3.41. The Morgan fingerprint density at radius 1 is 0.851 bits per heavy atom. The van der Waals surface area contributed by atoms with Crippen molar-refractivity contribution in [3.8, 4) is 0 Å². The van der Waals surface area contributed by atoms with Gasteiger partial charge in [0.05, 0.1) is 28.0 Å². The second-order valence-corrected chi connectivity index (χ2v) is 16.0. The van der Waals surface area contributed by atoms with E-state index in [1.54, 1.807) is 24.7 Å². The van der Waals surface area contributed by atoms with Crippen molar-refractivity contribution < 1.29 is 23.3 Å². The molecule has 2 saturated heterocycles. The highest BCUT2D eigenvalue weighted by Crippen LogP contribution is 2.38. The second kappa shape index (κ2) is 20.5. The average molecular weight is 725 g/mol. The summed E-state index contributed by atoms with van der Waals surface area (Å²) in [6, 6.07) is 4.44. The van der Waals surface area contributed by atoms with Gasteiger partial charge < -0.3 is 29.0 Å². The summed E-state index contributed by atoms with van der Waals surface area (Å²) in [5, 5.41) is 10.2. The molecule has 47 heavy (non-hydrogen) atoms. The van der Waals surface area contributed by atoms with Gasteiger partial charge >= 0.3 is 14.4 Å². The number of allylic oxidation sites excluding steroid dienone is 1. The zero-order chi connectivity index (χ0) is 36.6. The van der Waals surface area contributed by atoms with E-state index in [0.29, 0.717) is 10.9 Å². The predicted octanol–water partition coefficient (Wildman–Crippen LogP) is 7.60. The maximum absolute atomic E-state index is 5.92. The minimum absolute atomic E-state index is 0.120. The van der Waals surface area contributed by atoms with Gasteiger partial charge in [0.1, 0.15) is 0 Å². The van der Waals surface area contributed by atoms with Crippen LogP contribution >= 0.6 is 15.9 Å². The average Bonchev–Trinajstić information content (AvgIpc) is 3.69. The molecule has 0 spiro atoms. The topological polar surface area (TPSA) is 131 Å².